The molecule has 86 valence electrons. The molecule has 0 spiro atoms. The standard InChI is InChI=1S/C13H10ClNO2/c1-7(16)10-5-3-4-9-6-11(14)12(8(2)17)15-13(9)10/h3-6H,1-2H3. The average molecular weight is 248 g/mol. The van der Waals surface area contributed by atoms with Gasteiger partial charge in [0.05, 0.1) is 10.5 Å². The van der Waals surface area contributed by atoms with Crippen LogP contribution in [-0.4, -0.2) is 16.6 Å². The molecule has 0 atom stereocenters. The first kappa shape index (κ1) is 11.7. The highest BCUT2D eigenvalue weighted by atomic mass is 35.5. The molecule has 0 N–H and O–H groups in total. The summed E-state index contributed by atoms with van der Waals surface area (Å²) in [5, 5.41) is 1.07. The van der Waals surface area contributed by atoms with Crippen LogP contribution in [0.4, 0.5) is 0 Å². The van der Waals surface area contributed by atoms with Crippen molar-refractivity contribution in [2.24, 2.45) is 0 Å². The number of Topliss-reactive ketones (excluding diaryl/α,β-unsaturated/α-hetero) is 2. The van der Waals surface area contributed by atoms with Crippen LogP contribution in [0.25, 0.3) is 10.9 Å². The first-order chi connectivity index (χ1) is 8.00. The first-order valence-corrected chi connectivity index (χ1v) is 5.49. The summed E-state index contributed by atoms with van der Waals surface area (Å²) in [6.45, 7) is 2.87. The van der Waals surface area contributed by atoms with E-state index in [9.17, 15) is 9.59 Å². The maximum Gasteiger partial charge on any atom is 0.179 e. The Labute approximate surface area is 103 Å². The van der Waals surface area contributed by atoms with Gasteiger partial charge in [-0.25, -0.2) is 4.98 Å². The normalized spacial score (nSPS) is 10.5. The van der Waals surface area contributed by atoms with Crippen LogP contribution < -0.4 is 0 Å². The molecule has 17 heavy (non-hydrogen) atoms. The van der Waals surface area contributed by atoms with Crippen LogP contribution in [0.1, 0.15) is 34.7 Å². The molecule has 0 saturated carbocycles. The molecule has 0 aliphatic rings. The minimum absolute atomic E-state index is 0.0834. The van der Waals surface area contributed by atoms with Crippen molar-refractivity contribution in [3.05, 3.63) is 40.5 Å². The largest absolute Gasteiger partial charge is 0.294 e. The molecule has 4 heteroatoms. The Morgan fingerprint density at radius 1 is 1.18 bits per heavy atom. The summed E-state index contributed by atoms with van der Waals surface area (Å²) in [6.07, 6.45) is 0. The smallest absolute Gasteiger partial charge is 0.179 e. The van der Waals surface area contributed by atoms with E-state index in [1.54, 1.807) is 18.2 Å². The summed E-state index contributed by atoms with van der Waals surface area (Å²) in [5.41, 5.74) is 1.23. The van der Waals surface area contributed by atoms with E-state index in [1.165, 1.54) is 13.8 Å². The van der Waals surface area contributed by atoms with E-state index < -0.39 is 0 Å². The molecular weight excluding hydrogens is 238 g/mol. The van der Waals surface area contributed by atoms with Crippen LogP contribution in [0.15, 0.2) is 24.3 Å². The van der Waals surface area contributed by atoms with Crippen molar-refractivity contribution in [3.63, 3.8) is 0 Å². The molecule has 0 aliphatic heterocycles. The minimum Gasteiger partial charge on any atom is -0.294 e. The molecule has 1 aromatic carbocycles. The minimum atomic E-state index is -0.213. The van der Waals surface area contributed by atoms with Gasteiger partial charge >= 0.3 is 0 Å². The maximum atomic E-state index is 11.5. The molecule has 0 radical (unpaired) electrons. The Hall–Kier alpha value is -1.74. The van der Waals surface area contributed by atoms with Crippen LogP contribution in [-0.2, 0) is 0 Å². The van der Waals surface area contributed by atoms with E-state index in [1.807, 2.05) is 6.07 Å². The lowest BCUT2D eigenvalue weighted by Crippen LogP contribution is -2.02. The van der Waals surface area contributed by atoms with Gasteiger partial charge in [0.1, 0.15) is 5.69 Å². The van der Waals surface area contributed by atoms with Gasteiger partial charge in [-0.05, 0) is 19.1 Å². The monoisotopic (exact) mass is 247 g/mol. The number of halogens is 1. The van der Waals surface area contributed by atoms with Gasteiger partial charge in [0.15, 0.2) is 11.6 Å². The lowest BCUT2D eigenvalue weighted by Gasteiger charge is -2.06. The Kier molecular flexibility index (Phi) is 2.94. The van der Waals surface area contributed by atoms with E-state index >= 15 is 0 Å². The topological polar surface area (TPSA) is 47.0 Å². The van der Waals surface area contributed by atoms with Crippen molar-refractivity contribution in [3.8, 4) is 0 Å². The third-order valence-corrected chi connectivity index (χ3v) is 2.80. The lowest BCUT2D eigenvalue weighted by molar-refractivity contribution is 0.100. The molecule has 1 aromatic heterocycles. The average Bonchev–Trinajstić information content (AvgIpc) is 2.26. The van der Waals surface area contributed by atoms with Crippen molar-refractivity contribution >= 4 is 34.1 Å². The number of ketones is 2. The lowest BCUT2D eigenvalue weighted by atomic mass is 10.1. The van der Waals surface area contributed by atoms with Crippen molar-refractivity contribution in [2.75, 3.05) is 0 Å². The summed E-state index contributed by atoms with van der Waals surface area (Å²) >= 11 is 5.96. The predicted octanol–water partition coefficient (Wildman–Crippen LogP) is 3.29. The number of fused-ring (bicyclic) bond motifs is 1. The molecule has 0 amide bonds. The number of hydrogen-bond donors (Lipinski definition) is 0. The number of nitrogens with zero attached hydrogens (tertiary/aromatic N) is 1. The Bertz CT molecular complexity index is 635. The third-order valence-electron chi connectivity index (χ3n) is 2.51. The summed E-state index contributed by atoms with van der Waals surface area (Å²) in [7, 11) is 0. The van der Waals surface area contributed by atoms with E-state index in [0.29, 0.717) is 16.1 Å². The van der Waals surface area contributed by atoms with Gasteiger partial charge in [-0.3, -0.25) is 9.59 Å². The number of rotatable bonds is 2. The van der Waals surface area contributed by atoms with E-state index in [4.69, 9.17) is 11.6 Å². The summed E-state index contributed by atoms with van der Waals surface area (Å²) in [5.74, 6) is -0.296. The van der Waals surface area contributed by atoms with Crippen LogP contribution in [0, 0.1) is 0 Å². The molecule has 2 rings (SSSR count). The number of carbonyl (C=O) groups is 2. The SMILES string of the molecule is CC(=O)c1nc2c(C(C)=O)cccc2cc1Cl. The zero-order valence-electron chi connectivity index (χ0n) is 9.45. The van der Waals surface area contributed by atoms with Crippen LogP contribution in [0.2, 0.25) is 5.02 Å². The molecule has 1 heterocycles. The zero-order valence-corrected chi connectivity index (χ0v) is 10.2. The number of para-hydroxylation sites is 1. The summed E-state index contributed by atoms with van der Waals surface area (Å²) < 4.78 is 0. The summed E-state index contributed by atoms with van der Waals surface area (Å²) in [4.78, 5) is 27.0. The fourth-order valence-electron chi connectivity index (χ4n) is 1.70. The van der Waals surface area contributed by atoms with Crippen molar-refractivity contribution in [2.45, 2.75) is 13.8 Å². The van der Waals surface area contributed by atoms with Crippen molar-refractivity contribution < 1.29 is 9.59 Å². The van der Waals surface area contributed by atoms with Crippen molar-refractivity contribution in [1.82, 2.24) is 4.98 Å². The molecule has 0 bridgehead atoms. The Morgan fingerprint density at radius 2 is 1.88 bits per heavy atom. The van der Waals surface area contributed by atoms with Gasteiger partial charge in [0.2, 0.25) is 0 Å². The number of hydrogen-bond acceptors (Lipinski definition) is 3. The van der Waals surface area contributed by atoms with E-state index in [-0.39, 0.29) is 17.3 Å². The second-order valence-corrected chi connectivity index (χ2v) is 4.22. The highest BCUT2D eigenvalue weighted by Crippen LogP contribution is 2.24. The third kappa shape index (κ3) is 2.06. The van der Waals surface area contributed by atoms with Crippen LogP contribution in [0.5, 0.6) is 0 Å². The quantitative estimate of drug-likeness (QED) is 0.765. The Balaban J connectivity index is 2.85. The molecular formula is C13H10ClNO2. The molecule has 0 fully saturated rings. The first-order valence-electron chi connectivity index (χ1n) is 5.12. The van der Waals surface area contributed by atoms with Gasteiger partial charge in [0.25, 0.3) is 0 Å². The number of pyridine rings is 1. The molecule has 0 aliphatic carbocycles. The van der Waals surface area contributed by atoms with E-state index in [0.717, 1.165) is 5.39 Å². The predicted molar refractivity (Wildman–Crippen MR) is 66.8 cm³/mol. The van der Waals surface area contributed by atoms with Gasteiger partial charge < -0.3 is 0 Å². The fraction of sp³-hybridized carbons (Fsp3) is 0.154. The van der Waals surface area contributed by atoms with Gasteiger partial charge in [0, 0.05) is 17.9 Å². The highest BCUT2D eigenvalue weighted by Gasteiger charge is 2.13. The number of benzene rings is 1. The van der Waals surface area contributed by atoms with E-state index in [2.05, 4.69) is 4.98 Å². The molecule has 2 aromatic rings. The highest BCUT2D eigenvalue weighted by molar-refractivity contribution is 6.34. The molecule has 0 saturated heterocycles. The van der Waals surface area contributed by atoms with Gasteiger partial charge in [-0.15, -0.1) is 0 Å². The Morgan fingerprint density at radius 3 is 2.47 bits per heavy atom. The summed E-state index contributed by atoms with van der Waals surface area (Å²) in [6, 6.07) is 6.93. The van der Waals surface area contributed by atoms with Gasteiger partial charge in [-0.2, -0.15) is 0 Å². The van der Waals surface area contributed by atoms with Gasteiger partial charge in [-0.1, -0.05) is 23.7 Å². The number of carbonyl (C=O) groups excluding carboxylic acids is 2. The zero-order chi connectivity index (χ0) is 12.6. The van der Waals surface area contributed by atoms with Crippen LogP contribution in [0.3, 0.4) is 0 Å². The second kappa shape index (κ2) is 4.26. The van der Waals surface area contributed by atoms with Crippen molar-refractivity contribution in [1.29, 1.82) is 0 Å². The molecule has 3 nitrogen and oxygen atoms in total. The van der Waals surface area contributed by atoms with Crippen LogP contribution >= 0.6 is 11.6 Å². The molecule has 0 unspecified atom stereocenters. The fourth-order valence-corrected chi connectivity index (χ4v) is 2.00. The number of aromatic nitrogens is 1. The second-order valence-electron chi connectivity index (χ2n) is 3.81. The maximum absolute atomic E-state index is 11.5.